The molecule has 102 valence electrons. The van der Waals surface area contributed by atoms with Crippen LogP contribution >= 0.6 is 0 Å². The van der Waals surface area contributed by atoms with E-state index in [9.17, 15) is 0 Å². The maximum absolute atomic E-state index is 5.66. The van der Waals surface area contributed by atoms with Gasteiger partial charge in [-0.05, 0) is 17.7 Å². The number of aryl methyl sites for hydroxylation is 1. The maximum atomic E-state index is 5.66. The van der Waals surface area contributed by atoms with Gasteiger partial charge in [-0.15, -0.1) is 0 Å². The number of ether oxygens (including phenoxy) is 2. The summed E-state index contributed by atoms with van der Waals surface area (Å²) in [4.78, 5) is 4.10. The van der Waals surface area contributed by atoms with E-state index in [1.807, 2.05) is 29.8 Å². The smallest absolute Gasteiger partial charge is 0.161 e. The van der Waals surface area contributed by atoms with Crippen molar-refractivity contribution >= 4 is 0 Å². The molecule has 0 aliphatic heterocycles. The number of hydrogen-bond acceptors (Lipinski definition) is 5. The van der Waals surface area contributed by atoms with Crippen molar-refractivity contribution in [3.63, 3.8) is 0 Å². The van der Waals surface area contributed by atoms with Crippen LogP contribution in [0.1, 0.15) is 17.3 Å². The molecule has 2 rings (SSSR count). The number of benzene rings is 1. The number of nitrogens with two attached hydrogens (primary N) is 1. The van der Waals surface area contributed by atoms with Crippen molar-refractivity contribution in [2.75, 3.05) is 14.2 Å². The highest BCUT2D eigenvalue weighted by Gasteiger charge is 2.17. The second-order valence-corrected chi connectivity index (χ2v) is 4.14. The summed E-state index contributed by atoms with van der Waals surface area (Å²) in [5.41, 5.74) is 4.74. The third-order valence-corrected chi connectivity index (χ3v) is 3.06. The second-order valence-electron chi connectivity index (χ2n) is 4.14. The number of methoxy groups -OCH3 is 2. The van der Waals surface area contributed by atoms with Crippen molar-refractivity contribution in [2.24, 2.45) is 12.9 Å². The lowest BCUT2D eigenvalue weighted by Gasteiger charge is -2.18. The van der Waals surface area contributed by atoms with E-state index in [2.05, 4.69) is 10.4 Å². The van der Waals surface area contributed by atoms with Gasteiger partial charge in [0.25, 0.3) is 0 Å². The number of imidazole rings is 1. The maximum Gasteiger partial charge on any atom is 0.161 e. The molecule has 1 aromatic heterocycles. The van der Waals surface area contributed by atoms with Gasteiger partial charge < -0.3 is 14.0 Å². The molecule has 0 saturated carbocycles. The molecule has 1 atom stereocenters. The molecule has 0 radical (unpaired) electrons. The molecule has 6 heteroatoms. The summed E-state index contributed by atoms with van der Waals surface area (Å²) in [5.74, 6) is 7.02. The van der Waals surface area contributed by atoms with Crippen LogP contribution in [0, 0.1) is 0 Å². The van der Waals surface area contributed by atoms with Crippen LogP contribution < -0.4 is 20.7 Å². The van der Waals surface area contributed by atoms with Crippen molar-refractivity contribution < 1.29 is 9.47 Å². The lowest BCUT2D eigenvalue weighted by Crippen LogP contribution is -2.30. The highest BCUT2D eigenvalue weighted by molar-refractivity contribution is 5.45. The first-order valence-electron chi connectivity index (χ1n) is 5.85. The van der Waals surface area contributed by atoms with Gasteiger partial charge in [-0.25, -0.2) is 10.4 Å². The summed E-state index contributed by atoms with van der Waals surface area (Å²) in [6.07, 6.45) is 3.52. The van der Waals surface area contributed by atoms with Gasteiger partial charge in [-0.2, -0.15) is 0 Å². The molecule has 0 fully saturated rings. The van der Waals surface area contributed by atoms with Gasteiger partial charge in [-0.1, -0.05) is 6.07 Å². The lowest BCUT2D eigenvalue weighted by atomic mass is 10.0. The Morgan fingerprint density at radius 2 is 2.00 bits per heavy atom. The topological polar surface area (TPSA) is 74.3 Å². The summed E-state index contributed by atoms with van der Waals surface area (Å²) in [6.45, 7) is 0. The van der Waals surface area contributed by atoms with Crippen LogP contribution in [0.3, 0.4) is 0 Å². The van der Waals surface area contributed by atoms with Crippen molar-refractivity contribution in [1.29, 1.82) is 0 Å². The van der Waals surface area contributed by atoms with E-state index in [0.29, 0.717) is 11.5 Å². The average Bonchev–Trinajstić information content (AvgIpc) is 2.86. The predicted molar refractivity (Wildman–Crippen MR) is 71.9 cm³/mol. The summed E-state index contributed by atoms with van der Waals surface area (Å²) in [6, 6.07) is 5.54. The quantitative estimate of drug-likeness (QED) is 0.621. The van der Waals surface area contributed by atoms with E-state index in [-0.39, 0.29) is 6.04 Å². The number of rotatable bonds is 5. The van der Waals surface area contributed by atoms with Crippen molar-refractivity contribution in [2.45, 2.75) is 6.04 Å². The molecule has 0 saturated heterocycles. The Hall–Kier alpha value is -2.05. The number of aromatic nitrogens is 2. The molecular weight excluding hydrogens is 244 g/mol. The molecular formula is C13H18N4O2. The van der Waals surface area contributed by atoms with E-state index in [0.717, 1.165) is 11.3 Å². The van der Waals surface area contributed by atoms with E-state index in [4.69, 9.17) is 15.3 Å². The molecule has 2 aromatic rings. The zero-order chi connectivity index (χ0) is 13.8. The zero-order valence-corrected chi connectivity index (χ0v) is 11.3. The van der Waals surface area contributed by atoms with Crippen LogP contribution in [0.25, 0.3) is 0 Å². The summed E-state index contributed by atoms with van der Waals surface area (Å²) in [7, 11) is 5.14. The highest BCUT2D eigenvalue weighted by atomic mass is 16.5. The van der Waals surface area contributed by atoms with E-state index < -0.39 is 0 Å². The predicted octanol–water partition coefficient (Wildman–Crippen LogP) is 0.990. The molecule has 0 bridgehead atoms. The van der Waals surface area contributed by atoms with Gasteiger partial charge in [-0.3, -0.25) is 5.84 Å². The molecule has 0 spiro atoms. The monoisotopic (exact) mass is 262 g/mol. The minimum absolute atomic E-state index is 0.160. The average molecular weight is 262 g/mol. The Bertz CT molecular complexity index is 553. The van der Waals surface area contributed by atoms with Crippen LogP contribution in [-0.4, -0.2) is 23.8 Å². The van der Waals surface area contributed by atoms with E-state index in [1.54, 1.807) is 26.7 Å². The van der Waals surface area contributed by atoms with E-state index in [1.165, 1.54) is 0 Å². The number of hydrazine groups is 1. The van der Waals surface area contributed by atoms with Gasteiger partial charge in [0.1, 0.15) is 0 Å². The lowest BCUT2D eigenvalue weighted by molar-refractivity contribution is 0.354. The first kappa shape index (κ1) is 13.4. The molecule has 6 nitrogen and oxygen atoms in total. The van der Waals surface area contributed by atoms with Crippen LogP contribution in [-0.2, 0) is 7.05 Å². The second kappa shape index (κ2) is 5.73. The van der Waals surface area contributed by atoms with Gasteiger partial charge in [0, 0.05) is 7.05 Å². The van der Waals surface area contributed by atoms with Gasteiger partial charge >= 0.3 is 0 Å². The molecule has 1 aromatic carbocycles. The molecule has 1 unspecified atom stereocenters. The van der Waals surface area contributed by atoms with Crippen LogP contribution in [0.5, 0.6) is 11.5 Å². The Morgan fingerprint density at radius 3 is 2.53 bits per heavy atom. The van der Waals surface area contributed by atoms with E-state index >= 15 is 0 Å². The first-order chi connectivity index (χ1) is 9.21. The Balaban J connectivity index is 2.42. The van der Waals surface area contributed by atoms with Crippen molar-refractivity contribution in [3.8, 4) is 11.5 Å². The van der Waals surface area contributed by atoms with Crippen molar-refractivity contribution in [1.82, 2.24) is 15.0 Å². The minimum Gasteiger partial charge on any atom is -0.493 e. The van der Waals surface area contributed by atoms with Gasteiger partial charge in [0.2, 0.25) is 0 Å². The summed E-state index contributed by atoms with van der Waals surface area (Å²) >= 11 is 0. The molecule has 0 amide bonds. The molecule has 0 aliphatic rings. The number of nitrogens with zero attached hydrogens (tertiary/aromatic N) is 2. The Labute approximate surface area is 112 Å². The SMILES string of the molecule is COc1ccc(C(NN)c2cncn2C)cc1OC. The fourth-order valence-electron chi connectivity index (χ4n) is 2.03. The number of hydrogen-bond donors (Lipinski definition) is 2. The third-order valence-electron chi connectivity index (χ3n) is 3.06. The fraction of sp³-hybridized carbons (Fsp3) is 0.308. The first-order valence-corrected chi connectivity index (χ1v) is 5.85. The molecule has 1 heterocycles. The van der Waals surface area contributed by atoms with Crippen LogP contribution in [0.15, 0.2) is 30.7 Å². The minimum atomic E-state index is -0.160. The summed E-state index contributed by atoms with van der Waals surface area (Å²) in [5, 5.41) is 0. The number of nitrogens with one attached hydrogen (secondary N) is 1. The highest BCUT2D eigenvalue weighted by Crippen LogP contribution is 2.31. The molecule has 3 N–H and O–H groups in total. The zero-order valence-electron chi connectivity index (χ0n) is 11.3. The van der Waals surface area contributed by atoms with Gasteiger partial charge in [0.15, 0.2) is 11.5 Å². The third kappa shape index (κ3) is 2.54. The van der Waals surface area contributed by atoms with Crippen molar-refractivity contribution in [3.05, 3.63) is 42.0 Å². The normalized spacial score (nSPS) is 12.2. The Kier molecular flexibility index (Phi) is 4.03. The fourth-order valence-corrected chi connectivity index (χ4v) is 2.03. The molecule has 19 heavy (non-hydrogen) atoms. The van der Waals surface area contributed by atoms with Crippen LogP contribution in [0.4, 0.5) is 0 Å². The summed E-state index contributed by atoms with van der Waals surface area (Å²) < 4.78 is 12.4. The standard InChI is InChI=1S/C13H18N4O2/c1-17-8-15-7-10(17)13(16-14)9-4-5-11(18-2)12(6-9)19-3/h4-8,13,16H,14H2,1-3H3. The van der Waals surface area contributed by atoms with Crippen LogP contribution in [0.2, 0.25) is 0 Å². The van der Waals surface area contributed by atoms with Gasteiger partial charge in [0.05, 0.1) is 38.5 Å². The Morgan fingerprint density at radius 1 is 1.26 bits per heavy atom. The largest absolute Gasteiger partial charge is 0.493 e. The molecule has 0 aliphatic carbocycles.